The van der Waals surface area contributed by atoms with Crippen molar-refractivity contribution >= 4 is 60.6 Å². The van der Waals surface area contributed by atoms with E-state index < -0.39 is 17.3 Å². The summed E-state index contributed by atoms with van der Waals surface area (Å²) in [4.78, 5) is 30.2. The predicted octanol–water partition coefficient (Wildman–Crippen LogP) is 7.51. The van der Waals surface area contributed by atoms with Gasteiger partial charge in [-0.1, -0.05) is 42.5 Å². The third-order valence-corrected chi connectivity index (χ3v) is 7.13. The molecule has 0 aliphatic rings. The number of nitrogens with zero attached hydrogens (tertiary/aromatic N) is 3. The Morgan fingerprint density at radius 2 is 1.64 bits per heavy atom. The van der Waals surface area contributed by atoms with E-state index in [9.17, 15) is 22.8 Å². The van der Waals surface area contributed by atoms with Gasteiger partial charge in [0.1, 0.15) is 5.75 Å². The second-order valence-electron chi connectivity index (χ2n) is 8.91. The Kier molecular flexibility index (Phi) is 8.55. The minimum atomic E-state index is -4.58. The molecule has 0 atom stereocenters. The normalized spacial score (nSPS) is 11.6. The molecular formula is C30H19Br2F3N4O3. The Morgan fingerprint density at radius 3 is 2.36 bits per heavy atom. The summed E-state index contributed by atoms with van der Waals surface area (Å²) >= 11 is 6.86. The van der Waals surface area contributed by atoms with Gasteiger partial charge in [-0.2, -0.15) is 22.9 Å². The summed E-state index contributed by atoms with van der Waals surface area (Å²) in [6, 6.07) is 23.3. The molecule has 212 valence electrons. The molecule has 1 N–H and O–H groups in total. The van der Waals surface area contributed by atoms with Gasteiger partial charge >= 0.3 is 6.18 Å². The summed E-state index contributed by atoms with van der Waals surface area (Å²) in [5, 5.41) is 7.30. The minimum Gasteiger partial charge on any atom is -0.481 e. The maximum atomic E-state index is 13.4. The molecule has 12 heteroatoms. The average Bonchev–Trinajstić information content (AvgIpc) is 2.96. The molecule has 0 bridgehead atoms. The first kappa shape index (κ1) is 29.2. The van der Waals surface area contributed by atoms with Crippen molar-refractivity contribution in [3.8, 4) is 17.1 Å². The van der Waals surface area contributed by atoms with Crippen LogP contribution in [-0.2, 0) is 11.0 Å². The van der Waals surface area contributed by atoms with Crippen molar-refractivity contribution < 1.29 is 22.7 Å². The van der Waals surface area contributed by atoms with Gasteiger partial charge in [-0.25, -0.2) is 4.98 Å². The number of hydrogen-bond acceptors (Lipinski definition) is 5. The molecule has 0 aliphatic heterocycles. The fraction of sp³-hybridized carbons (Fsp3) is 0.0667. The molecule has 0 saturated carbocycles. The topological polar surface area (TPSA) is 85.6 Å². The van der Waals surface area contributed by atoms with E-state index in [-0.39, 0.29) is 29.3 Å². The Balaban J connectivity index is 1.46. The highest BCUT2D eigenvalue weighted by atomic mass is 79.9. The summed E-state index contributed by atoms with van der Waals surface area (Å²) < 4.78 is 47.9. The summed E-state index contributed by atoms with van der Waals surface area (Å²) in [5.41, 5.74) is 0.128. The van der Waals surface area contributed by atoms with E-state index in [1.807, 2.05) is 6.07 Å². The first-order valence-corrected chi connectivity index (χ1v) is 13.9. The molecule has 1 amide bonds. The summed E-state index contributed by atoms with van der Waals surface area (Å²) in [5.74, 6) is -0.0379. The van der Waals surface area contributed by atoms with Crippen LogP contribution in [0.1, 0.15) is 11.1 Å². The van der Waals surface area contributed by atoms with Crippen molar-refractivity contribution in [1.29, 1.82) is 0 Å². The molecule has 0 aliphatic carbocycles. The number of aromatic nitrogens is 2. The van der Waals surface area contributed by atoms with Crippen LogP contribution in [-0.4, -0.2) is 28.4 Å². The number of ether oxygens (including phenoxy) is 1. The molecule has 0 fully saturated rings. The lowest BCUT2D eigenvalue weighted by molar-refractivity contribution is -0.137. The van der Waals surface area contributed by atoms with Gasteiger partial charge in [-0.05, 0) is 86.0 Å². The van der Waals surface area contributed by atoms with E-state index >= 15 is 0 Å². The lowest BCUT2D eigenvalue weighted by Crippen LogP contribution is -2.20. The Bertz CT molecular complexity index is 1850. The van der Waals surface area contributed by atoms with Crippen LogP contribution in [0.15, 0.2) is 110 Å². The number of fused-ring (bicyclic) bond motifs is 1. The molecule has 0 spiro atoms. The van der Waals surface area contributed by atoms with Crippen molar-refractivity contribution in [2.75, 3.05) is 11.9 Å². The largest absolute Gasteiger partial charge is 0.481 e. The van der Waals surface area contributed by atoms with E-state index in [1.54, 1.807) is 60.7 Å². The second kappa shape index (κ2) is 12.3. The van der Waals surface area contributed by atoms with Gasteiger partial charge in [0.15, 0.2) is 12.4 Å². The van der Waals surface area contributed by atoms with Gasteiger partial charge in [0.2, 0.25) is 0 Å². The van der Waals surface area contributed by atoms with Gasteiger partial charge < -0.3 is 10.1 Å². The Morgan fingerprint density at radius 1 is 0.952 bits per heavy atom. The zero-order chi connectivity index (χ0) is 29.9. The van der Waals surface area contributed by atoms with Crippen LogP contribution >= 0.6 is 31.9 Å². The van der Waals surface area contributed by atoms with E-state index in [0.717, 1.165) is 16.8 Å². The quantitative estimate of drug-likeness (QED) is 0.178. The number of benzene rings is 4. The monoisotopic (exact) mass is 698 g/mol. The molecule has 42 heavy (non-hydrogen) atoms. The Labute approximate surface area is 253 Å². The number of halogens is 5. The number of alkyl halides is 3. The van der Waals surface area contributed by atoms with E-state index in [4.69, 9.17) is 4.74 Å². The van der Waals surface area contributed by atoms with Gasteiger partial charge in [0.25, 0.3) is 11.5 Å². The van der Waals surface area contributed by atoms with Gasteiger partial charge in [0.05, 0.1) is 31.6 Å². The molecular weight excluding hydrogens is 681 g/mol. The van der Waals surface area contributed by atoms with Gasteiger partial charge in [-0.15, -0.1) is 0 Å². The third kappa shape index (κ3) is 6.60. The smallest absolute Gasteiger partial charge is 0.416 e. The van der Waals surface area contributed by atoms with Crippen LogP contribution in [0.3, 0.4) is 0 Å². The van der Waals surface area contributed by atoms with Crippen LogP contribution in [0.2, 0.25) is 0 Å². The molecule has 0 unspecified atom stereocenters. The fourth-order valence-corrected chi connectivity index (χ4v) is 5.48. The first-order valence-electron chi connectivity index (χ1n) is 12.3. The van der Waals surface area contributed by atoms with E-state index in [0.29, 0.717) is 31.5 Å². The zero-order valence-corrected chi connectivity index (χ0v) is 24.6. The van der Waals surface area contributed by atoms with Crippen LogP contribution in [0, 0.1) is 0 Å². The number of hydrogen-bond donors (Lipinski definition) is 1. The zero-order valence-electron chi connectivity index (χ0n) is 21.4. The minimum absolute atomic E-state index is 0.0523. The molecule has 7 nitrogen and oxygen atoms in total. The standard InChI is InChI=1S/C30H19Br2F3N4O3/c31-23-13-18(14-24(32)27(23)42-17-26(40)37-21-9-2-1-3-10-21)16-36-39-28(19-7-6-8-20(15-19)30(33,34)35)38-25-12-5-4-11-22(25)29(39)41/h1-16H,17H2,(H,37,40). The molecule has 5 aromatic rings. The number of anilines is 1. The highest BCUT2D eigenvalue weighted by Gasteiger charge is 2.31. The number of para-hydroxylation sites is 2. The van der Waals surface area contributed by atoms with Crippen LogP contribution in [0.5, 0.6) is 5.75 Å². The maximum Gasteiger partial charge on any atom is 0.416 e. The highest BCUT2D eigenvalue weighted by molar-refractivity contribution is 9.11. The molecule has 1 aromatic heterocycles. The van der Waals surface area contributed by atoms with Gasteiger partial charge in [0, 0.05) is 11.3 Å². The fourth-order valence-electron chi connectivity index (χ4n) is 4.02. The van der Waals surface area contributed by atoms with Crippen LogP contribution in [0.25, 0.3) is 22.3 Å². The predicted molar refractivity (Wildman–Crippen MR) is 162 cm³/mol. The lowest BCUT2D eigenvalue weighted by Gasteiger charge is -2.13. The number of nitrogens with one attached hydrogen (secondary N) is 1. The highest BCUT2D eigenvalue weighted by Crippen LogP contribution is 2.35. The van der Waals surface area contributed by atoms with Crippen molar-refractivity contribution in [2.24, 2.45) is 5.10 Å². The van der Waals surface area contributed by atoms with Crippen molar-refractivity contribution in [2.45, 2.75) is 6.18 Å². The molecule has 5 rings (SSSR count). The Hall–Kier alpha value is -4.29. The summed E-state index contributed by atoms with van der Waals surface area (Å²) in [7, 11) is 0. The van der Waals surface area contributed by atoms with Crippen LogP contribution in [0.4, 0.5) is 18.9 Å². The molecule has 4 aromatic carbocycles. The molecule has 0 saturated heterocycles. The van der Waals surface area contributed by atoms with Gasteiger partial charge in [-0.3, -0.25) is 9.59 Å². The van der Waals surface area contributed by atoms with E-state index in [2.05, 4.69) is 47.3 Å². The number of amides is 1. The number of rotatable bonds is 7. The number of carbonyl (C=O) groups is 1. The van der Waals surface area contributed by atoms with Crippen molar-refractivity contribution in [3.05, 3.63) is 121 Å². The summed E-state index contributed by atoms with van der Waals surface area (Å²) in [6.45, 7) is -0.252. The first-order chi connectivity index (χ1) is 20.1. The molecule has 0 radical (unpaired) electrons. The van der Waals surface area contributed by atoms with Crippen molar-refractivity contribution in [3.63, 3.8) is 0 Å². The summed E-state index contributed by atoms with van der Waals surface area (Å²) in [6.07, 6.45) is -3.21. The van der Waals surface area contributed by atoms with E-state index in [1.165, 1.54) is 18.3 Å². The third-order valence-electron chi connectivity index (χ3n) is 5.95. The maximum absolute atomic E-state index is 13.4. The average molecular weight is 700 g/mol. The SMILES string of the molecule is O=C(COc1c(Br)cc(C=Nn2c(-c3cccc(C(F)(F)F)c3)nc3ccccc3c2=O)cc1Br)Nc1ccccc1. The van der Waals surface area contributed by atoms with Crippen LogP contribution < -0.4 is 15.6 Å². The van der Waals surface area contributed by atoms with Crippen molar-refractivity contribution in [1.82, 2.24) is 9.66 Å². The number of carbonyl (C=O) groups excluding carboxylic acids is 1. The lowest BCUT2D eigenvalue weighted by atomic mass is 10.1. The molecule has 1 heterocycles. The second-order valence-corrected chi connectivity index (χ2v) is 10.6.